The van der Waals surface area contributed by atoms with Gasteiger partial charge in [-0.05, 0) is 25.0 Å². The van der Waals surface area contributed by atoms with Gasteiger partial charge in [0.2, 0.25) is 0 Å². The summed E-state index contributed by atoms with van der Waals surface area (Å²) >= 11 is 0. The van der Waals surface area contributed by atoms with Crippen LogP contribution in [0.25, 0.3) is 10.8 Å². The maximum atomic E-state index is 11.3. The molecule has 134 valence electrons. The largest absolute Gasteiger partial charge is 0.380 e. The van der Waals surface area contributed by atoms with Crippen LogP contribution in [0.2, 0.25) is 0 Å². The maximum absolute atomic E-state index is 11.3. The van der Waals surface area contributed by atoms with Crippen LogP contribution in [0.3, 0.4) is 0 Å². The van der Waals surface area contributed by atoms with Crippen molar-refractivity contribution in [1.82, 2.24) is 14.8 Å². The van der Waals surface area contributed by atoms with E-state index in [1.807, 2.05) is 30.2 Å². The topological polar surface area (TPSA) is 89.1 Å². The number of nitrogens with zero attached hydrogens (tertiary/aromatic N) is 5. The number of aryl methyl sites for hydroxylation is 1. The molecule has 8 nitrogen and oxygen atoms in total. The molecule has 0 bridgehead atoms. The van der Waals surface area contributed by atoms with Crippen molar-refractivity contribution in [3.8, 4) is 0 Å². The Kier molecular flexibility index (Phi) is 4.16. The Bertz CT molecular complexity index is 954. The van der Waals surface area contributed by atoms with Gasteiger partial charge >= 0.3 is 0 Å². The molecule has 1 fully saturated rings. The second-order valence-electron chi connectivity index (χ2n) is 6.61. The number of hydrogen-bond donors (Lipinski definition) is 1. The van der Waals surface area contributed by atoms with Crippen LogP contribution in [0, 0.1) is 10.1 Å². The van der Waals surface area contributed by atoms with Crippen molar-refractivity contribution in [2.45, 2.75) is 18.9 Å². The second-order valence-corrected chi connectivity index (χ2v) is 6.61. The average Bonchev–Trinajstić information content (AvgIpc) is 3.08. The van der Waals surface area contributed by atoms with E-state index in [0.29, 0.717) is 5.39 Å². The van der Waals surface area contributed by atoms with Crippen LogP contribution in [0.4, 0.5) is 17.1 Å². The van der Waals surface area contributed by atoms with Gasteiger partial charge < -0.3 is 10.2 Å². The molecule has 1 aliphatic heterocycles. The first-order chi connectivity index (χ1) is 12.6. The molecule has 0 amide bonds. The number of anilines is 2. The normalized spacial score (nSPS) is 17.4. The van der Waals surface area contributed by atoms with E-state index in [0.717, 1.165) is 42.7 Å². The summed E-state index contributed by atoms with van der Waals surface area (Å²) in [7, 11) is 1.92. The lowest BCUT2D eigenvalue weighted by Gasteiger charge is -2.34. The van der Waals surface area contributed by atoms with Gasteiger partial charge in [0, 0.05) is 61.9 Å². The Labute approximate surface area is 150 Å². The van der Waals surface area contributed by atoms with Crippen molar-refractivity contribution in [1.29, 1.82) is 0 Å². The van der Waals surface area contributed by atoms with Crippen molar-refractivity contribution in [3.05, 3.63) is 53.1 Å². The first-order valence-corrected chi connectivity index (χ1v) is 8.63. The summed E-state index contributed by atoms with van der Waals surface area (Å²) in [6.45, 7) is 1.88. The van der Waals surface area contributed by atoms with Crippen LogP contribution in [0.15, 0.2) is 43.0 Å². The molecule has 0 aliphatic carbocycles. The number of hydrogen-bond acceptors (Lipinski definition) is 6. The van der Waals surface area contributed by atoms with Gasteiger partial charge in [-0.25, -0.2) is 0 Å². The number of aromatic nitrogens is 3. The highest BCUT2D eigenvalue weighted by Crippen LogP contribution is 2.32. The highest BCUT2D eigenvalue weighted by Gasteiger charge is 2.22. The Balaban J connectivity index is 1.59. The van der Waals surface area contributed by atoms with Crippen LogP contribution < -0.4 is 10.2 Å². The highest BCUT2D eigenvalue weighted by molar-refractivity contribution is 5.99. The molecule has 4 rings (SSSR count). The molecule has 1 aromatic carbocycles. The lowest BCUT2D eigenvalue weighted by Crippen LogP contribution is -2.42. The first-order valence-electron chi connectivity index (χ1n) is 8.63. The second kappa shape index (κ2) is 6.62. The molecule has 1 atom stereocenters. The minimum absolute atomic E-state index is 0.0827. The number of nitrogens with one attached hydrogen (secondary N) is 1. The first kappa shape index (κ1) is 16.3. The monoisotopic (exact) mass is 352 g/mol. The van der Waals surface area contributed by atoms with Gasteiger partial charge in [0.25, 0.3) is 5.69 Å². The number of non-ortho nitro benzene ring substituents is 1. The van der Waals surface area contributed by atoms with Gasteiger partial charge in [-0.15, -0.1) is 0 Å². The molecule has 0 saturated carbocycles. The number of nitro groups is 1. The lowest BCUT2D eigenvalue weighted by molar-refractivity contribution is -0.383. The third-order valence-corrected chi connectivity index (χ3v) is 4.83. The number of piperidine rings is 1. The molecule has 26 heavy (non-hydrogen) atoms. The third kappa shape index (κ3) is 3.05. The van der Waals surface area contributed by atoms with E-state index in [1.54, 1.807) is 24.5 Å². The van der Waals surface area contributed by atoms with Crippen molar-refractivity contribution in [2.24, 2.45) is 7.05 Å². The minimum atomic E-state index is -0.363. The van der Waals surface area contributed by atoms with Gasteiger partial charge in [-0.1, -0.05) is 0 Å². The number of nitro benzene ring substituents is 1. The van der Waals surface area contributed by atoms with E-state index in [1.165, 1.54) is 0 Å². The van der Waals surface area contributed by atoms with E-state index in [4.69, 9.17) is 0 Å². The van der Waals surface area contributed by atoms with Crippen molar-refractivity contribution >= 4 is 27.8 Å². The summed E-state index contributed by atoms with van der Waals surface area (Å²) in [6.07, 6.45) is 9.27. The van der Waals surface area contributed by atoms with Gasteiger partial charge in [0.05, 0.1) is 22.2 Å². The van der Waals surface area contributed by atoms with Crippen LogP contribution in [0.1, 0.15) is 12.8 Å². The Morgan fingerprint density at radius 2 is 2.15 bits per heavy atom. The predicted octanol–water partition coefficient (Wildman–Crippen LogP) is 2.96. The molecule has 2 aromatic heterocycles. The fourth-order valence-electron chi connectivity index (χ4n) is 3.58. The van der Waals surface area contributed by atoms with Crippen LogP contribution in [0.5, 0.6) is 0 Å². The van der Waals surface area contributed by atoms with Crippen molar-refractivity contribution in [3.63, 3.8) is 0 Å². The van der Waals surface area contributed by atoms with E-state index in [-0.39, 0.29) is 16.7 Å². The van der Waals surface area contributed by atoms with Crippen LogP contribution in [-0.2, 0) is 7.05 Å². The van der Waals surface area contributed by atoms with Crippen LogP contribution in [-0.4, -0.2) is 38.8 Å². The zero-order chi connectivity index (χ0) is 18.1. The molecule has 0 spiro atoms. The van der Waals surface area contributed by atoms with E-state index >= 15 is 0 Å². The Hall–Kier alpha value is -3.16. The number of pyridine rings is 1. The molecule has 8 heteroatoms. The van der Waals surface area contributed by atoms with Crippen LogP contribution >= 0.6 is 0 Å². The van der Waals surface area contributed by atoms with Gasteiger partial charge in [-0.3, -0.25) is 19.8 Å². The quantitative estimate of drug-likeness (QED) is 0.574. The SMILES string of the molecule is Cn1cc(N2CCCC(Nc3ccc([N+](=O)[O-])c4cnccc34)C2)cn1. The zero-order valence-electron chi connectivity index (χ0n) is 14.5. The molecule has 3 heterocycles. The summed E-state index contributed by atoms with van der Waals surface area (Å²) in [6, 6.07) is 5.44. The fourth-order valence-corrected chi connectivity index (χ4v) is 3.58. The van der Waals surface area contributed by atoms with Crippen molar-refractivity contribution in [2.75, 3.05) is 23.3 Å². The van der Waals surface area contributed by atoms with Gasteiger partial charge in [0.15, 0.2) is 0 Å². The number of fused-ring (bicyclic) bond motifs is 1. The smallest absolute Gasteiger partial charge is 0.278 e. The van der Waals surface area contributed by atoms with E-state index in [9.17, 15) is 10.1 Å². The lowest BCUT2D eigenvalue weighted by atomic mass is 10.0. The average molecular weight is 352 g/mol. The summed E-state index contributed by atoms with van der Waals surface area (Å²) in [5, 5.41) is 20.5. The number of rotatable bonds is 4. The molecule has 1 N–H and O–H groups in total. The predicted molar refractivity (Wildman–Crippen MR) is 100 cm³/mol. The highest BCUT2D eigenvalue weighted by atomic mass is 16.6. The summed E-state index contributed by atoms with van der Waals surface area (Å²) < 4.78 is 1.81. The Morgan fingerprint density at radius 3 is 2.92 bits per heavy atom. The summed E-state index contributed by atoms with van der Waals surface area (Å²) in [5.41, 5.74) is 2.11. The molecular weight excluding hydrogens is 332 g/mol. The zero-order valence-corrected chi connectivity index (χ0v) is 14.5. The van der Waals surface area contributed by atoms with Gasteiger partial charge in [-0.2, -0.15) is 5.10 Å². The number of benzene rings is 1. The Morgan fingerprint density at radius 1 is 1.27 bits per heavy atom. The molecule has 1 unspecified atom stereocenters. The molecule has 1 aliphatic rings. The summed E-state index contributed by atoms with van der Waals surface area (Å²) in [4.78, 5) is 17.3. The molecule has 0 radical (unpaired) electrons. The standard InChI is InChI=1S/C18H20N6O2/c1-22-12-14(9-20-22)23-8-2-3-13(11-23)21-17-4-5-18(24(25)26)16-10-19-7-6-15(16)17/h4-7,9-10,12-13,21H,2-3,8,11H2,1H3. The fraction of sp³-hybridized carbons (Fsp3) is 0.333. The van der Waals surface area contributed by atoms with Gasteiger partial charge in [0.1, 0.15) is 0 Å². The summed E-state index contributed by atoms with van der Waals surface area (Å²) in [5.74, 6) is 0. The van der Waals surface area contributed by atoms with Crippen molar-refractivity contribution < 1.29 is 4.92 Å². The van der Waals surface area contributed by atoms with E-state index in [2.05, 4.69) is 20.3 Å². The molecular formula is C18H20N6O2. The molecule has 3 aromatic rings. The minimum Gasteiger partial charge on any atom is -0.380 e. The molecule has 1 saturated heterocycles. The third-order valence-electron chi connectivity index (χ3n) is 4.83. The van der Waals surface area contributed by atoms with E-state index < -0.39 is 0 Å². The maximum Gasteiger partial charge on any atom is 0.278 e.